The van der Waals surface area contributed by atoms with Crippen molar-refractivity contribution in [1.82, 2.24) is 4.90 Å². The highest BCUT2D eigenvalue weighted by Gasteiger charge is 2.19. The predicted molar refractivity (Wildman–Crippen MR) is 180 cm³/mol. The molecule has 0 fully saturated rings. The lowest BCUT2D eigenvalue weighted by Crippen LogP contribution is -2.19. The van der Waals surface area contributed by atoms with Crippen LogP contribution in [0.2, 0.25) is 0 Å². The average molecular weight is 596 g/mol. The van der Waals surface area contributed by atoms with Gasteiger partial charge in [-0.05, 0) is 72.0 Å². The molecule has 2 unspecified atom stereocenters. The van der Waals surface area contributed by atoms with Crippen LogP contribution in [0.1, 0.15) is 188 Å². The van der Waals surface area contributed by atoms with Gasteiger partial charge in [-0.3, -0.25) is 9.59 Å². The molecule has 0 N–H and O–H groups in total. The standard InChI is InChI=1S/C37H73NO4/c1-6-9-12-14-18-22-28-34(27-21-13-10-7-2)37(40)41-33-26-20-17-15-16-19-23-30-35(29-11-8-3)42-36(39)31-24-25-32-38(4)5/h34-35H,6-33H2,1-5H3. The van der Waals surface area contributed by atoms with Crippen molar-refractivity contribution in [3.63, 3.8) is 0 Å². The Morgan fingerprint density at radius 1 is 0.548 bits per heavy atom. The molecule has 0 aromatic rings. The molecule has 42 heavy (non-hydrogen) atoms. The molecule has 0 aliphatic carbocycles. The lowest BCUT2D eigenvalue weighted by Gasteiger charge is -2.18. The Morgan fingerprint density at radius 3 is 1.60 bits per heavy atom. The second-order valence-electron chi connectivity index (χ2n) is 13.0. The molecule has 0 aromatic heterocycles. The number of hydrogen-bond acceptors (Lipinski definition) is 5. The molecule has 0 aromatic carbocycles. The summed E-state index contributed by atoms with van der Waals surface area (Å²) in [6.45, 7) is 8.30. The van der Waals surface area contributed by atoms with Crippen LogP contribution in [0, 0.1) is 5.92 Å². The highest BCUT2D eigenvalue weighted by molar-refractivity contribution is 5.72. The zero-order valence-electron chi connectivity index (χ0n) is 29.0. The van der Waals surface area contributed by atoms with Crippen molar-refractivity contribution in [2.24, 2.45) is 5.92 Å². The van der Waals surface area contributed by atoms with E-state index in [0.717, 1.165) is 90.0 Å². The van der Waals surface area contributed by atoms with Crippen LogP contribution in [0.25, 0.3) is 0 Å². The first-order valence-electron chi connectivity index (χ1n) is 18.4. The van der Waals surface area contributed by atoms with Crippen LogP contribution >= 0.6 is 0 Å². The Kier molecular flexibility index (Phi) is 30.5. The Bertz CT molecular complexity index is 594. The molecule has 2 atom stereocenters. The van der Waals surface area contributed by atoms with Crippen LogP contribution in [0.5, 0.6) is 0 Å². The summed E-state index contributed by atoms with van der Waals surface area (Å²) in [7, 11) is 4.14. The third-order valence-corrected chi connectivity index (χ3v) is 8.47. The lowest BCUT2D eigenvalue weighted by atomic mass is 9.94. The quantitative estimate of drug-likeness (QED) is 0.0572. The Morgan fingerprint density at radius 2 is 1.02 bits per heavy atom. The molecule has 0 saturated carbocycles. The van der Waals surface area contributed by atoms with Crippen molar-refractivity contribution in [3.8, 4) is 0 Å². The van der Waals surface area contributed by atoms with E-state index in [2.05, 4.69) is 39.8 Å². The number of carbonyl (C=O) groups excluding carboxylic acids is 2. The second kappa shape index (κ2) is 31.3. The number of rotatable bonds is 32. The molecule has 0 rings (SSSR count). The lowest BCUT2D eigenvalue weighted by molar-refractivity contribution is -0.150. The number of carbonyl (C=O) groups is 2. The maximum atomic E-state index is 12.8. The molecule has 0 bridgehead atoms. The topological polar surface area (TPSA) is 55.8 Å². The smallest absolute Gasteiger partial charge is 0.308 e. The van der Waals surface area contributed by atoms with Crippen LogP contribution in [-0.4, -0.2) is 50.2 Å². The minimum Gasteiger partial charge on any atom is -0.465 e. The summed E-state index contributed by atoms with van der Waals surface area (Å²) in [5.74, 6) is 0.157. The molecule has 0 radical (unpaired) electrons. The third-order valence-electron chi connectivity index (χ3n) is 8.47. The molecule has 0 aliphatic rings. The van der Waals surface area contributed by atoms with Gasteiger partial charge in [-0.25, -0.2) is 0 Å². The number of nitrogens with zero attached hydrogens (tertiary/aromatic N) is 1. The van der Waals surface area contributed by atoms with Crippen molar-refractivity contribution in [2.45, 2.75) is 194 Å². The van der Waals surface area contributed by atoms with Crippen molar-refractivity contribution >= 4 is 11.9 Å². The van der Waals surface area contributed by atoms with Crippen molar-refractivity contribution in [1.29, 1.82) is 0 Å². The summed E-state index contributed by atoms with van der Waals surface area (Å²) in [5.41, 5.74) is 0. The number of ether oxygens (including phenoxy) is 2. The zero-order valence-corrected chi connectivity index (χ0v) is 29.0. The van der Waals surface area contributed by atoms with Gasteiger partial charge in [-0.1, -0.05) is 130 Å². The van der Waals surface area contributed by atoms with E-state index in [9.17, 15) is 9.59 Å². The molecule has 0 spiro atoms. The maximum Gasteiger partial charge on any atom is 0.308 e. The minimum atomic E-state index is -0.0132. The number of unbranched alkanes of at least 4 members (excludes halogenated alkanes) is 16. The minimum absolute atomic E-state index is 0.0132. The molecule has 0 aliphatic heterocycles. The Hall–Kier alpha value is -1.10. The van der Waals surface area contributed by atoms with E-state index in [1.54, 1.807) is 0 Å². The highest BCUT2D eigenvalue weighted by Crippen LogP contribution is 2.21. The van der Waals surface area contributed by atoms with Gasteiger partial charge < -0.3 is 14.4 Å². The maximum absolute atomic E-state index is 12.8. The van der Waals surface area contributed by atoms with E-state index < -0.39 is 0 Å². The van der Waals surface area contributed by atoms with Crippen molar-refractivity contribution in [3.05, 3.63) is 0 Å². The van der Waals surface area contributed by atoms with E-state index in [1.807, 2.05) is 0 Å². The summed E-state index contributed by atoms with van der Waals surface area (Å²) in [5, 5.41) is 0. The Labute approximate surface area is 262 Å². The molecular weight excluding hydrogens is 522 g/mol. The van der Waals surface area contributed by atoms with Crippen LogP contribution in [0.15, 0.2) is 0 Å². The average Bonchev–Trinajstić information content (AvgIpc) is 2.97. The third kappa shape index (κ3) is 27.7. The van der Waals surface area contributed by atoms with Crippen molar-refractivity contribution < 1.29 is 19.1 Å². The summed E-state index contributed by atoms with van der Waals surface area (Å²) < 4.78 is 11.6. The molecular formula is C37H73NO4. The van der Waals surface area contributed by atoms with Gasteiger partial charge in [0.25, 0.3) is 0 Å². The van der Waals surface area contributed by atoms with E-state index in [-0.39, 0.29) is 24.0 Å². The summed E-state index contributed by atoms with van der Waals surface area (Å²) >= 11 is 0. The van der Waals surface area contributed by atoms with E-state index in [1.165, 1.54) is 77.0 Å². The van der Waals surface area contributed by atoms with Crippen LogP contribution in [0.4, 0.5) is 0 Å². The van der Waals surface area contributed by atoms with Gasteiger partial charge >= 0.3 is 11.9 Å². The fourth-order valence-corrected chi connectivity index (χ4v) is 5.65. The normalized spacial score (nSPS) is 12.9. The van der Waals surface area contributed by atoms with E-state index in [0.29, 0.717) is 13.0 Å². The first-order chi connectivity index (χ1) is 20.4. The predicted octanol–water partition coefficient (Wildman–Crippen LogP) is 10.8. The van der Waals surface area contributed by atoms with Crippen LogP contribution in [-0.2, 0) is 19.1 Å². The van der Waals surface area contributed by atoms with Gasteiger partial charge in [0.1, 0.15) is 6.10 Å². The van der Waals surface area contributed by atoms with Gasteiger partial charge in [0, 0.05) is 6.42 Å². The molecule has 0 heterocycles. The SMILES string of the molecule is CCCCCCCCC(CCCCCC)C(=O)OCCCCCCCCCC(CCCC)OC(=O)CCCCN(C)C. The van der Waals surface area contributed by atoms with E-state index in [4.69, 9.17) is 9.47 Å². The molecule has 0 amide bonds. The van der Waals surface area contributed by atoms with Gasteiger partial charge in [0.05, 0.1) is 12.5 Å². The fourth-order valence-electron chi connectivity index (χ4n) is 5.65. The number of esters is 2. The number of hydrogen-bond donors (Lipinski definition) is 0. The van der Waals surface area contributed by atoms with Gasteiger partial charge in [0.2, 0.25) is 0 Å². The van der Waals surface area contributed by atoms with Gasteiger partial charge in [-0.15, -0.1) is 0 Å². The summed E-state index contributed by atoms with van der Waals surface area (Å²) in [4.78, 5) is 27.3. The van der Waals surface area contributed by atoms with E-state index >= 15 is 0 Å². The molecule has 250 valence electrons. The summed E-state index contributed by atoms with van der Waals surface area (Å²) in [6, 6.07) is 0. The van der Waals surface area contributed by atoms with Gasteiger partial charge in [0.15, 0.2) is 0 Å². The summed E-state index contributed by atoms with van der Waals surface area (Å²) in [6.07, 6.45) is 29.5. The first-order valence-corrected chi connectivity index (χ1v) is 18.4. The van der Waals surface area contributed by atoms with Crippen molar-refractivity contribution in [2.75, 3.05) is 27.2 Å². The second-order valence-corrected chi connectivity index (χ2v) is 13.0. The molecule has 0 saturated heterocycles. The molecule has 5 nitrogen and oxygen atoms in total. The monoisotopic (exact) mass is 596 g/mol. The van der Waals surface area contributed by atoms with Crippen LogP contribution < -0.4 is 0 Å². The first kappa shape index (κ1) is 40.9. The molecule has 5 heteroatoms. The fraction of sp³-hybridized carbons (Fsp3) is 0.946. The Balaban J connectivity index is 4.03. The highest BCUT2D eigenvalue weighted by atomic mass is 16.5. The van der Waals surface area contributed by atoms with Gasteiger partial charge in [-0.2, -0.15) is 0 Å². The largest absolute Gasteiger partial charge is 0.465 e. The zero-order chi connectivity index (χ0) is 31.1. The van der Waals surface area contributed by atoms with Crippen LogP contribution in [0.3, 0.4) is 0 Å².